The zero-order valence-electron chi connectivity index (χ0n) is 18.5. The SMILES string of the molecule is O=C(Nc1nc2c(s1)CN(C(=O)c1ccc(S(=O)(=O)N3CCCCC3)cc1)CC2)C1CCC1. The third kappa shape index (κ3) is 4.56. The Hall–Kier alpha value is -2.30. The maximum absolute atomic E-state index is 13.1. The van der Waals surface area contributed by atoms with Crippen molar-refractivity contribution in [2.24, 2.45) is 5.92 Å². The number of piperidine rings is 1. The van der Waals surface area contributed by atoms with Gasteiger partial charge < -0.3 is 10.2 Å². The van der Waals surface area contributed by atoms with Crippen molar-refractivity contribution < 1.29 is 18.0 Å². The number of rotatable bonds is 5. The van der Waals surface area contributed by atoms with Crippen LogP contribution >= 0.6 is 11.3 Å². The van der Waals surface area contributed by atoms with Gasteiger partial charge in [-0.3, -0.25) is 9.59 Å². The van der Waals surface area contributed by atoms with Crippen molar-refractivity contribution in [3.8, 4) is 0 Å². The van der Waals surface area contributed by atoms with Crippen molar-refractivity contribution in [1.29, 1.82) is 0 Å². The monoisotopic (exact) mass is 488 g/mol. The Balaban J connectivity index is 1.24. The van der Waals surface area contributed by atoms with Gasteiger partial charge in [0.1, 0.15) is 0 Å². The predicted octanol–water partition coefficient (Wildman–Crippen LogP) is 3.25. The van der Waals surface area contributed by atoms with Gasteiger partial charge in [-0.15, -0.1) is 0 Å². The molecule has 1 saturated carbocycles. The van der Waals surface area contributed by atoms with Crippen molar-refractivity contribution >= 4 is 38.3 Å². The molecule has 3 aliphatic rings. The molecule has 5 rings (SSSR count). The van der Waals surface area contributed by atoms with Crippen LogP contribution in [0.4, 0.5) is 5.13 Å². The molecule has 0 unspecified atom stereocenters. The van der Waals surface area contributed by atoms with Gasteiger partial charge in [-0.25, -0.2) is 13.4 Å². The highest BCUT2D eigenvalue weighted by Crippen LogP contribution is 2.32. The lowest BCUT2D eigenvalue weighted by molar-refractivity contribution is -0.122. The lowest BCUT2D eigenvalue weighted by atomic mass is 9.85. The Morgan fingerprint density at radius 3 is 2.39 bits per heavy atom. The minimum Gasteiger partial charge on any atom is -0.333 e. The van der Waals surface area contributed by atoms with Crippen LogP contribution in [0, 0.1) is 5.92 Å². The second kappa shape index (κ2) is 9.15. The van der Waals surface area contributed by atoms with Crippen LogP contribution in [0.3, 0.4) is 0 Å². The summed E-state index contributed by atoms with van der Waals surface area (Å²) in [4.78, 5) is 32.8. The van der Waals surface area contributed by atoms with Gasteiger partial charge in [-0.05, 0) is 49.9 Å². The number of carbonyl (C=O) groups is 2. The first-order chi connectivity index (χ1) is 15.9. The van der Waals surface area contributed by atoms with Crippen molar-refractivity contribution in [2.75, 3.05) is 25.0 Å². The van der Waals surface area contributed by atoms with Crippen LogP contribution < -0.4 is 5.32 Å². The standard InChI is InChI=1S/C23H28N4O4S2/c28-21(16-5-4-6-16)25-23-24-19-11-14-26(15-20(19)32-23)22(29)17-7-9-18(10-8-17)33(30,31)27-12-2-1-3-13-27/h7-10,16H,1-6,11-15H2,(H,24,25,28). The van der Waals surface area contributed by atoms with E-state index in [1.807, 2.05) is 0 Å². The number of thiazole rings is 1. The van der Waals surface area contributed by atoms with Gasteiger partial charge >= 0.3 is 0 Å². The van der Waals surface area contributed by atoms with E-state index in [1.165, 1.54) is 27.8 Å². The third-order valence-corrected chi connectivity index (χ3v) is 9.69. The van der Waals surface area contributed by atoms with Crippen LogP contribution in [0.15, 0.2) is 29.2 Å². The van der Waals surface area contributed by atoms with Gasteiger partial charge in [0.25, 0.3) is 5.91 Å². The molecule has 10 heteroatoms. The van der Waals surface area contributed by atoms with Gasteiger partial charge in [0.05, 0.1) is 17.1 Å². The van der Waals surface area contributed by atoms with E-state index in [-0.39, 0.29) is 22.6 Å². The summed E-state index contributed by atoms with van der Waals surface area (Å²) in [6.45, 7) is 2.09. The Bertz CT molecular complexity index is 1150. The average Bonchev–Trinajstić information content (AvgIpc) is 3.19. The molecule has 2 aromatic rings. The molecule has 3 heterocycles. The number of hydrogen-bond acceptors (Lipinski definition) is 6. The molecule has 1 N–H and O–H groups in total. The number of anilines is 1. The fourth-order valence-corrected chi connectivity index (χ4v) is 7.05. The largest absolute Gasteiger partial charge is 0.333 e. The average molecular weight is 489 g/mol. The molecule has 2 amide bonds. The van der Waals surface area contributed by atoms with Crippen LogP contribution in [-0.4, -0.2) is 54.1 Å². The first-order valence-electron chi connectivity index (χ1n) is 11.6. The molecule has 176 valence electrons. The predicted molar refractivity (Wildman–Crippen MR) is 126 cm³/mol. The lowest BCUT2D eigenvalue weighted by Crippen LogP contribution is -2.36. The van der Waals surface area contributed by atoms with Gasteiger partial charge in [0.15, 0.2) is 5.13 Å². The molecule has 2 fully saturated rings. The van der Waals surface area contributed by atoms with Gasteiger partial charge in [-0.2, -0.15) is 4.31 Å². The molecule has 8 nitrogen and oxygen atoms in total. The highest BCUT2D eigenvalue weighted by molar-refractivity contribution is 7.89. The second-order valence-electron chi connectivity index (χ2n) is 8.97. The van der Waals surface area contributed by atoms with E-state index in [0.717, 1.165) is 49.1 Å². The van der Waals surface area contributed by atoms with E-state index in [4.69, 9.17) is 0 Å². The molecule has 2 aliphatic heterocycles. The second-order valence-corrected chi connectivity index (χ2v) is 12.0. The fourth-order valence-electron chi connectivity index (χ4n) is 4.51. The number of sulfonamides is 1. The quantitative estimate of drug-likeness (QED) is 0.696. The minimum absolute atomic E-state index is 0.0416. The number of nitrogens with one attached hydrogen (secondary N) is 1. The number of carbonyl (C=O) groups excluding carboxylic acids is 2. The number of benzene rings is 1. The fraction of sp³-hybridized carbons (Fsp3) is 0.522. The van der Waals surface area contributed by atoms with Crippen LogP contribution in [-0.2, 0) is 27.8 Å². The summed E-state index contributed by atoms with van der Waals surface area (Å²) in [5.74, 6) is 0.0154. The first kappa shape index (κ1) is 22.5. The summed E-state index contributed by atoms with van der Waals surface area (Å²) in [5.41, 5.74) is 1.41. The highest BCUT2D eigenvalue weighted by Gasteiger charge is 2.29. The zero-order chi connectivity index (χ0) is 23.0. The minimum atomic E-state index is -3.51. The topological polar surface area (TPSA) is 99.7 Å². The van der Waals surface area contributed by atoms with Gasteiger partial charge in [0.2, 0.25) is 15.9 Å². The molecule has 0 radical (unpaired) electrons. The van der Waals surface area contributed by atoms with Crippen LogP contribution in [0.1, 0.15) is 59.5 Å². The summed E-state index contributed by atoms with van der Waals surface area (Å²) in [5, 5.41) is 3.54. The normalized spacial score (nSPS) is 19.6. The number of fused-ring (bicyclic) bond motifs is 1. The Labute approximate surface area is 198 Å². The number of amides is 2. The summed E-state index contributed by atoms with van der Waals surface area (Å²) in [6, 6.07) is 6.28. The van der Waals surface area contributed by atoms with Crippen molar-refractivity contribution in [3.63, 3.8) is 0 Å². The smallest absolute Gasteiger partial charge is 0.254 e. The van der Waals surface area contributed by atoms with E-state index in [0.29, 0.717) is 43.3 Å². The molecule has 1 aromatic carbocycles. The van der Waals surface area contributed by atoms with Crippen LogP contribution in [0.5, 0.6) is 0 Å². The molecule has 33 heavy (non-hydrogen) atoms. The Kier molecular flexibility index (Phi) is 6.24. The van der Waals surface area contributed by atoms with E-state index in [1.54, 1.807) is 17.0 Å². The van der Waals surface area contributed by atoms with E-state index in [2.05, 4.69) is 10.3 Å². The molecule has 0 bridgehead atoms. The van der Waals surface area contributed by atoms with Crippen molar-refractivity contribution in [2.45, 2.75) is 56.4 Å². The maximum Gasteiger partial charge on any atom is 0.254 e. The van der Waals surface area contributed by atoms with Crippen molar-refractivity contribution in [3.05, 3.63) is 40.4 Å². The third-order valence-electron chi connectivity index (χ3n) is 6.78. The number of nitrogens with zero attached hydrogens (tertiary/aromatic N) is 3. The lowest BCUT2D eigenvalue weighted by Gasteiger charge is -2.27. The summed E-state index contributed by atoms with van der Waals surface area (Å²) in [7, 11) is -3.51. The Morgan fingerprint density at radius 1 is 1.00 bits per heavy atom. The Morgan fingerprint density at radius 2 is 1.73 bits per heavy atom. The number of aromatic nitrogens is 1. The first-order valence-corrected chi connectivity index (χ1v) is 13.9. The van der Waals surface area contributed by atoms with Crippen LogP contribution in [0.25, 0.3) is 0 Å². The van der Waals surface area contributed by atoms with E-state index < -0.39 is 10.0 Å². The molecule has 1 aliphatic carbocycles. The van der Waals surface area contributed by atoms with Crippen LogP contribution in [0.2, 0.25) is 0 Å². The molecular formula is C23H28N4O4S2. The highest BCUT2D eigenvalue weighted by atomic mass is 32.2. The van der Waals surface area contributed by atoms with Gasteiger partial charge in [0, 0.05) is 42.4 Å². The van der Waals surface area contributed by atoms with Crippen molar-refractivity contribution in [1.82, 2.24) is 14.2 Å². The molecule has 0 atom stereocenters. The van der Waals surface area contributed by atoms with E-state index >= 15 is 0 Å². The molecule has 0 spiro atoms. The maximum atomic E-state index is 13.1. The summed E-state index contributed by atoms with van der Waals surface area (Å²) < 4.78 is 27.2. The number of hydrogen-bond donors (Lipinski definition) is 1. The molecule has 1 saturated heterocycles. The molecule has 1 aromatic heterocycles. The van der Waals surface area contributed by atoms with Gasteiger partial charge in [-0.1, -0.05) is 24.2 Å². The zero-order valence-corrected chi connectivity index (χ0v) is 20.1. The summed E-state index contributed by atoms with van der Waals surface area (Å²) >= 11 is 1.43. The summed E-state index contributed by atoms with van der Waals surface area (Å²) in [6.07, 6.45) is 6.46. The molecular weight excluding hydrogens is 460 g/mol. The van der Waals surface area contributed by atoms with E-state index in [9.17, 15) is 18.0 Å².